The molecule has 0 fully saturated rings. The quantitative estimate of drug-likeness (QED) is 0.0736. The van der Waals surface area contributed by atoms with Gasteiger partial charge in [0.1, 0.15) is 0 Å². The molecule has 0 aromatic carbocycles. The Morgan fingerprint density at radius 2 is 1.19 bits per heavy atom. The van der Waals surface area contributed by atoms with Crippen LogP contribution in [0.15, 0.2) is 12.2 Å². The molecule has 7 nitrogen and oxygen atoms in total. The topological polar surface area (TPSA) is 102 Å². The highest BCUT2D eigenvalue weighted by atomic mass is 31.2. The highest BCUT2D eigenvalue weighted by molar-refractivity contribution is 7.49. The number of carbonyl (C=O) groups excluding carboxylic acids is 1. The normalized spacial score (nSPS) is 15.5. The summed E-state index contributed by atoms with van der Waals surface area (Å²) in [7, 11) is -4.37. The third-order valence-corrected chi connectivity index (χ3v) is 6.49. The van der Waals surface area contributed by atoms with Crippen LogP contribution in [0.3, 0.4) is 0 Å². The molecule has 0 heterocycles. The molecule has 0 aromatic heterocycles. The minimum Gasteiger partial charge on any atom is -0.370 e. The maximum Gasteiger partial charge on any atom is 0.536 e. The number of phosphoric ester groups is 1. The highest BCUT2D eigenvalue weighted by Gasteiger charge is 2.36. The molecule has 0 radical (unpaired) electrons. The van der Waals surface area contributed by atoms with Gasteiger partial charge >= 0.3 is 13.8 Å². The molecule has 0 rings (SSSR count). The third kappa shape index (κ3) is 18.8. The van der Waals surface area contributed by atoms with Crippen molar-refractivity contribution in [1.82, 2.24) is 0 Å². The van der Waals surface area contributed by atoms with Crippen LogP contribution in [-0.2, 0) is 22.9 Å². The zero-order chi connectivity index (χ0) is 24.1. The SMILES string of the molecule is CCCCCCCCC=CCCCCCCCC(=O)OP(=O)(OC(O)CC)OC(O)CC. The first-order valence-electron chi connectivity index (χ1n) is 12.6. The standard InChI is InChI=1S/C24H47O7P/c1-4-7-8-9-10-11-12-13-14-15-16-17-18-19-20-21-24(27)31-32(28,29-22(25)5-2)30-23(26)6-3/h13-14,22-23,25-26H,4-12,15-21H2,1-3H3. The summed E-state index contributed by atoms with van der Waals surface area (Å²) in [5.74, 6) is -0.724. The molecule has 2 N–H and O–H groups in total. The van der Waals surface area contributed by atoms with E-state index in [4.69, 9.17) is 13.6 Å². The van der Waals surface area contributed by atoms with Crippen LogP contribution in [0, 0.1) is 0 Å². The van der Waals surface area contributed by atoms with E-state index >= 15 is 0 Å². The predicted molar refractivity (Wildman–Crippen MR) is 128 cm³/mol. The van der Waals surface area contributed by atoms with Gasteiger partial charge in [0.25, 0.3) is 0 Å². The minimum absolute atomic E-state index is 0.0826. The molecule has 0 aliphatic heterocycles. The van der Waals surface area contributed by atoms with Crippen molar-refractivity contribution in [2.45, 2.75) is 136 Å². The molecule has 190 valence electrons. The Balaban J connectivity index is 3.86. The van der Waals surface area contributed by atoms with Crippen LogP contribution in [-0.4, -0.2) is 28.8 Å². The van der Waals surface area contributed by atoms with Crippen LogP contribution in [0.25, 0.3) is 0 Å². The summed E-state index contributed by atoms with van der Waals surface area (Å²) in [4.78, 5) is 12.0. The number of phosphoric acid groups is 1. The first kappa shape index (κ1) is 31.3. The summed E-state index contributed by atoms with van der Waals surface area (Å²) in [5.41, 5.74) is 0. The molecule has 0 saturated carbocycles. The average molecular weight is 479 g/mol. The second-order valence-electron chi connectivity index (χ2n) is 8.18. The molecule has 2 atom stereocenters. The van der Waals surface area contributed by atoms with Crippen molar-refractivity contribution in [3.8, 4) is 0 Å². The molecule has 8 heteroatoms. The lowest BCUT2D eigenvalue weighted by Gasteiger charge is -2.21. The monoisotopic (exact) mass is 478 g/mol. The predicted octanol–water partition coefficient (Wildman–Crippen LogP) is 7.17. The molecular formula is C24H47O7P. The Hall–Kier alpha value is -0.720. The van der Waals surface area contributed by atoms with E-state index in [0.717, 1.165) is 32.1 Å². The van der Waals surface area contributed by atoms with E-state index in [1.807, 2.05) is 0 Å². The first-order valence-corrected chi connectivity index (χ1v) is 14.0. The van der Waals surface area contributed by atoms with Crippen molar-refractivity contribution in [1.29, 1.82) is 0 Å². The summed E-state index contributed by atoms with van der Waals surface area (Å²) in [5, 5.41) is 19.1. The second kappa shape index (κ2) is 20.9. The summed E-state index contributed by atoms with van der Waals surface area (Å²) < 4.78 is 27.0. The van der Waals surface area contributed by atoms with Crippen LogP contribution >= 0.6 is 7.82 Å². The summed E-state index contributed by atoms with van der Waals surface area (Å²) in [6.07, 6.45) is 17.1. The molecular weight excluding hydrogens is 431 g/mol. The molecule has 0 bridgehead atoms. The van der Waals surface area contributed by atoms with Gasteiger partial charge in [0.05, 0.1) is 0 Å². The van der Waals surface area contributed by atoms with Crippen LogP contribution in [0.4, 0.5) is 0 Å². The number of rotatable bonds is 22. The molecule has 0 amide bonds. The molecule has 0 aliphatic carbocycles. The van der Waals surface area contributed by atoms with Gasteiger partial charge in [0, 0.05) is 6.42 Å². The van der Waals surface area contributed by atoms with Crippen LogP contribution in [0.1, 0.15) is 124 Å². The Morgan fingerprint density at radius 1 is 0.750 bits per heavy atom. The van der Waals surface area contributed by atoms with Gasteiger partial charge < -0.3 is 14.7 Å². The largest absolute Gasteiger partial charge is 0.536 e. The fourth-order valence-electron chi connectivity index (χ4n) is 3.03. The maximum atomic E-state index is 12.5. The van der Waals surface area contributed by atoms with E-state index in [9.17, 15) is 19.6 Å². The van der Waals surface area contributed by atoms with Crippen molar-refractivity contribution >= 4 is 13.8 Å². The van der Waals surface area contributed by atoms with Crippen molar-refractivity contribution < 1.29 is 33.1 Å². The number of allylic oxidation sites excluding steroid dienone is 2. The van der Waals surface area contributed by atoms with Crippen LogP contribution < -0.4 is 0 Å². The number of hydrogen-bond acceptors (Lipinski definition) is 7. The van der Waals surface area contributed by atoms with Gasteiger partial charge in [0.2, 0.25) is 0 Å². The van der Waals surface area contributed by atoms with Crippen LogP contribution in [0.2, 0.25) is 0 Å². The van der Waals surface area contributed by atoms with E-state index in [-0.39, 0.29) is 19.3 Å². The Morgan fingerprint density at radius 3 is 1.66 bits per heavy atom. The first-order chi connectivity index (χ1) is 15.4. The Bertz CT molecular complexity index is 508. The van der Waals surface area contributed by atoms with Crippen molar-refractivity contribution in [2.24, 2.45) is 0 Å². The molecule has 0 aliphatic rings. The fourth-order valence-corrected chi connectivity index (χ4v) is 4.40. The zero-order valence-corrected chi connectivity index (χ0v) is 21.4. The van der Waals surface area contributed by atoms with E-state index in [2.05, 4.69) is 19.1 Å². The summed E-state index contributed by atoms with van der Waals surface area (Å²) in [6.45, 7) is 5.46. The van der Waals surface area contributed by atoms with Gasteiger partial charge in [-0.1, -0.05) is 84.3 Å². The second-order valence-corrected chi connectivity index (χ2v) is 9.68. The van der Waals surface area contributed by atoms with Gasteiger partial charge in [-0.25, -0.2) is 13.6 Å². The van der Waals surface area contributed by atoms with Gasteiger partial charge in [-0.3, -0.25) is 4.79 Å². The lowest BCUT2D eigenvalue weighted by molar-refractivity contribution is -0.141. The Labute approximate surface area is 195 Å². The van der Waals surface area contributed by atoms with E-state index in [0.29, 0.717) is 6.42 Å². The summed E-state index contributed by atoms with van der Waals surface area (Å²) in [6, 6.07) is 0. The molecule has 2 unspecified atom stereocenters. The van der Waals surface area contributed by atoms with E-state index in [1.165, 1.54) is 44.9 Å². The molecule has 0 aromatic rings. The number of aliphatic hydroxyl groups is 2. The van der Waals surface area contributed by atoms with E-state index in [1.54, 1.807) is 13.8 Å². The van der Waals surface area contributed by atoms with Crippen LogP contribution in [0.5, 0.6) is 0 Å². The zero-order valence-electron chi connectivity index (χ0n) is 20.5. The Kier molecular flexibility index (Phi) is 20.4. The van der Waals surface area contributed by atoms with Crippen molar-refractivity contribution in [2.75, 3.05) is 0 Å². The minimum atomic E-state index is -4.37. The lowest BCUT2D eigenvalue weighted by atomic mass is 10.1. The molecule has 0 spiro atoms. The number of unbranched alkanes of at least 4 members (excludes halogenated alkanes) is 11. The van der Waals surface area contributed by atoms with Gasteiger partial charge in [-0.2, -0.15) is 0 Å². The number of aliphatic hydroxyl groups excluding tert-OH is 2. The highest BCUT2D eigenvalue weighted by Crippen LogP contribution is 2.52. The smallest absolute Gasteiger partial charge is 0.370 e. The fraction of sp³-hybridized carbons (Fsp3) is 0.875. The molecule has 32 heavy (non-hydrogen) atoms. The third-order valence-electron chi connectivity index (χ3n) is 5.06. The lowest BCUT2D eigenvalue weighted by Crippen LogP contribution is -2.18. The average Bonchev–Trinajstić information content (AvgIpc) is 2.75. The maximum absolute atomic E-state index is 12.5. The van der Waals surface area contributed by atoms with Gasteiger partial charge in [-0.15, -0.1) is 0 Å². The molecule has 0 saturated heterocycles. The van der Waals surface area contributed by atoms with Gasteiger partial charge in [0.15, 0.2) is 12.6 Å². The van der Waals surface area contributed by atoms with Gasteiger partial charge in [-0.05, 0) is 44.9 Å². The van der Waals surface area contributed by atoms with Crippen molar-refractivity contribution in [3.63, 3.8) is 0 Å². The summed E-state index contributed by atoms with van der Waals surface area (Å²) >= 11 is 0. The number of carbonyl (C=O) groups is 1. The number of hydrogen-bond donors (Lipinski definition) is 2. The van der Waals surface area contributed by atoms with E-state index < -0.39 is 26.4 Å². The van der Waals surface area contributed by atoms with Crippen molar-refractivity contribution in [3.05, 3.63) is 12.2 Å².